The molecule has 0 amide bonds. The highest BCUT2D eigenvalue weighted by atomic mass is 31.3. The number of benzene rings is 1. The Hall–Kier alpha value is -2.70. The molecule has 41 heavy (non-hydrogen) atoms. The second-order valence-corrected chi connectivity index (χ2v) is 12.8. The van der Waals surface area contributed by atoms with Gasteiger partial charge in [0, 0.05) is 12.5 Å². The van der Waals surface area contributed by atoms with Gasteiger partial charge in [0.05, 0.1) is 29.5 Å². The van der Waals surface area contributed by atoms with E-state index in [4.69, 9.17) is 29.5 Å². The summed E-state index contributed by atoms with van der Waals surface area (Å²) in [7, 11) is -16.9. The molecule has 6 atom stereocenters. The maximum atomic E-state index is 12.6. The van der Waals surface area contributed by atoms with Gasteiger partial charge in [-0.25, -0.2) is 28.6 Å². The number of nitrogen functional groups attached to an aromatic ring is 1. The number of nitro groups is 1. The molecule has 6 N–H and O–H groups in total. The number of ether oxygens (including phenoxy) is 2. The van der Waals surface area contributed by atoms with Crippen LogP contribution in [0.5, 0.6) is 0 Å². The summed E-state index contributed by atoms with van der Waals surface area (Å²) < 4.78 is 61.0. The van der Waals surface area contributed by atoms with Gasteiger partial charge in [0.25, 0.3) is 5.69 Å². The first-order valence-electron chi connectivity index (χ1n) is 11.3. The Labute approximate surface area is 229 Å². The molecule has 1 aliphatic heterocycles. The van der Waals surface area contributed by atoms with E-state index in [-0.39, 0.29) is 41.3 Å². The Bertz CT molecular complexity index is 1580. The van der Waals surface area contributed by atoms with Gasteiger partial charge in [-0.3, -0.25) is 19.2 Å². The largest absolute Gasteiger partial charge is 0.490 e. The van der Waals surface area contributed by atoms with E-state index in [2.05, 4.69) is 23.6 Å². The van der Waals surface area contributed by atoms with E-state index in [0.717, 1.165) is 0 Å². The standard InChI is InChI=1S/C18H23N6O14P3/c1-10(11-4-2-3-5-12(11)24(25)26)34-7-14-13(36-40(30,31)38-41(32,33)37-39(27,28)29)6-15(35-14)23-9-22-16-17(19)20-8-21-18(16)23/h2-5,8-10,13-15H,6-7H2,1H3,(H,30,31)(H,32,33)(H2,19,20,21)(H2,27,28,29)/t10?,13-,14+,15+/m0/s1. The molecule has 1 aliphatic rings. The van der Waals surface area contributed by atoms with Crippen molar-refractivity contribution in [3.8, 4) is 0 Å². The predicted molar refractivity (Wildman–Crippen MR) is 134 cm³/mol. The Morgan fingerprint density at radius 1 is 1.15 bits per heavy atom. The van der Waals surface area contributed by atoms with E-state index in [1.807, 2.05) is 0 Å². The van der Waals surface area contributed by atoms with Crippen molar-refractivity contribution in [1.82, 2.24) is 19.5 Å². The van der Waals surface area contributed by atoms with Gasteiger partial charge < -0.3 is 34.8 Å². The molecule has 0 saturated carbocycles. The fraction of sp³-hybridized carbons (Fsp3) is 0.389. The van der Waals surface area contributed by atoms with E-state index in [1.54, 1.807) is 6.07 Å². The molecule has 1 saturated heterocycles. The van der Waals surface area contributed by atoms with Gasteiger partial charge in [0.15, 0.2) is 11.5 Å². The molecule has 2 aromatic heterocycles. The van der Waals surface area contributed by atoms with E-state index < -0.39 is 52.9 Å². The molecule has 0 aliphatic carbocycles. The van der Waals surface area contributed by atoms with Crippen LogP contribution in [0.25, 0.3) is 11.2 Å². The second kappa shape index (κ2) is 11.9. The number of nitrogens with two attached hydrogens (primary N) is 1. The molecule has 0 spiro atoms. The average molecular weight is 640 g/mol. The van der Waals surface area contributed by atoms with Gasteiger partial charge in [0.1, 0.15) is 30.3 Å². The van der Waals surface area contributed by atoms with Crippen LogP contribution in [0.1, 0.15) is 31.2 Å². The monoisotopic (exact) mass is 640 g/mol. The molecule has 0 radical (unpaired) electrons. The molecular formula is C18H23N6O14P3. The van der Waals surface area contributed by atoms with Crippen LogP contribution in [0.2, 0.25) is 0 Å². The minimum atomic E-state index is -5.78. The van der Waals surface area contributed by atoms with Crippen LogP contribution in [0.15, 0.2) is 36.9 Å². The lowest BCUT2D eigenvalue weighted by atomic mass is 10.1. The molecule has 3 aromatic rings. The first kappa shape index (κ1) is 31.2. The lowest BCUT2D eigenvalue weighted by molar-refractivity contribution is -0.386. The zero-order valence-electron chi connectivity index (χ0n) is 20.7. The van der Waals surface area contributed by atoms with Crippen LogP contribution in [0.4, 0.5) is 11.5 Å². The first-order valence-corrected chi connectivity index (χ1v) is 15.8. The van der Waals surface area contributed by atoms with Gasteiger partial charge in [-0.2, -0.15) is 8.62 Å². The average Bonchev–Trinajstić information content (AvgIpc) is 3.44. The Morgan fingerprint density at radius 2 is 1.85 bits per heavy atom. The minimum absolute atomic E-state index is 0.0646. The number of hydrogen-bond acceptors (Lipinski definition) is 14. The van der Waals surface area contributed by atoms with Crippen molar-refractivity contribution in [1.29, 1.82) is 0 Å². The Kier molecular flexibility index (Phi) is 9.06. The number of nitro benzene ring substituents is 1. The van der Waals surface area contributed by atoms with Gasteiger partial charge in [-0.05, 0) is 13.0 Å². The number of rotatable bonds is 12. The number of phosphoric acid groups is 3. The van der Waals surface area contributed by atoms with Crippen LogP contribution in [0, 0.1) is 10.1 Å². The van der Waals surface area contributed by atoms with E-state index in [9.17, 15) is 33.6 Å². The number of para-hydroxylation sites is 1. The molecule has 1 fully saturated rings. The third-order valence-electron chi connectivity index (χ3n) is 5.64. The first-order chi connectivity index (χ1) is 19.1. The highest BCUT2D eigenvalue weighted by molar-refractivity contribution is 7.66. The van der Waals surface area contributed by atoms with Crippen molar-refractivity contribution in [2.45, 2.75) is 37.9 Å². The summed E-state index contributed by atoms with van der Waals surface area (Å²) in [6, 6.07) is 5.81. The van der Waals surface area contributed by atoms with Gasteiger partial charge in [0.2, 0.25) is 0 Å². The van der Waals surface area contributed by atoms with Crippen molar-refractivity contribution >= 4 is 46.1 Å². The van der Waals surface area contributed by atoms with E-state index >= 15 is 0 Å². The number of anilines is 1. The zero-order valence-corrected chi connectivity index (χ0v) is 23.4. The van der Waals surface area contributed by atoms with Crippen LogP contribution in [-0.4, -0.2) is 62.8 Å². The second-order valence-electron chi connectivity index (χ2n) is 8.47. The number of aromatic nitrogens is 4. The van der Waals surface area contributed by atoms with Crippen molar-refractivity contribution in [3.63, 3.8) is 0 Å². The van der Waals surface area contributed by atoms with Crippen molar-refractivity contribution < 1.29 is 60.8 Å². The van der Waals surface area contributed by atoms with Gasteiger partial charge in [-0.1, -0.05) is 12.1 Å². The molecule has 20 nitrogen and oxygen atoms in total. The van der Waals surface area contributed by atoms with Crippen LogP contribution >= 0.6 is 23.5 Å². The van der Waals surface area contributed by atoms with Crippen molar-refractivity contribution in [3.05, 3.63) is 52.6 Å². The summed E-state index contributed by atoms with van der Waals surface area (Å²) in [6.07, 6.45) is -2.22. The number of phosphoric ester groups is 1. The van der Waals surface area contributed by atoms with E-state index in [1.165, 1.54) is 42.3 Å². The van der Waals surface area contributed by atoms with E-state index in [0.29, 0.717) is 0 Å². The highest BCUT2D eigenvalue weighted by Gasteiger charge is 2.46. The summed E-state index contributed by atoms with van der Waals surface area (Å²) in [5, 5.41) is 11.4. The lowest BCUT2D eigenvalue weighted by Gasteiger charge is -2.23. The molecule has 3 heterocycles. The number of nitrogens with zero attached hydrogens (tertiary/aromatic N) is 5. The summed E-state index contributed by atoms with van der Waals surface area (Å²) in [5.74, 6) is 0.0646. The minimum Gasteiger partial charge on any atom is -0.382 e. The fourth-order valence-corrected chi connectivity index (χ4v) is 7.23. The molecule has 0 bridgehead atoms. The summed E-state index contributed by atoms with van der Waals surface area (Å²) in [5.41, 5.74) is 6.29. The van der Waals surface area contributed by atoms with Crippen molar-refractivity contribution in [2.75, 3.05) is 12.3 Å². The summed E-state index contributed by atoms with van der Waals surface area (Å²) in [6.45, 7) is 1.14. The lowest BCUT2D eigenvalue weighted by Crippen LogP contribution is -2.29. The third-order valence-corrected chi connectivity index (χ3v) is 9.51. The Balaban J connectivity index is 1.57. The number of imidazole rings is 1. The predicted octanol–water partition coefficient (Wildman–Crippen LogP) is 2.09. The molecule has 3 unspecified atom stereocenters. The molecule has 1 aromatic carbocycles. The number of fused-ring (bicyclic) bond motifs is 1. The third kappa shape index (κ3) is 7.78. The zero-order chi connectivity index (χ0) is 30.2. The van der Waals surface area contributed by atoms with Crippen LogP contribution < -0.4 is 5.73 Å². The molecule has 23 heteroatoms. The maximum absolute atomic E-state index is 12.6. The normalized spacial score (nSPS) is 23.2. The SMILES string of the molecule is CC(OC[C@H]1O[C@@H](n2cnc3c(N)ncnc32)C[C@@H]1OP(=O)(O)OP(=O)(O)OP(=O)(O)O)c1ccccc1[N+](=O)[O-]. The molecule has 224 valence electrons. The Morgan fingerprint density at radius 3 is 2.54 bits per heavy atom. The highest BCUT2D eigenvalue weighted by Crippen LogP contribution is 2.67. The topological polar surface area (TPSA) is 291 Å². The van der Waals surface area contributed by atoms with Gasteiger partial charge in [-0.15, -0.1) is 0 Å². The molecule has 4 rings (SSSR count). The number of hydrogen-bond donors (Lipinski definition) is 5. The fourth-order valence-electron chi connectivity index (χ4n) is 4.01. The van der Waals surface area contributed by atoms with Crippen LogP contribution in [-0.2, 0) is 36.3 Å². The summed E-state index contributed by atoms with van der Waals surface area (Å²) in [4.78, 5) is 60.0. The summed E-state index contributed by atoms with van der Waals surface area (Å²) >= 11 is 0. The quantitative estimate of drug-likeness (QED) is 0.107. The smallest absolute Gasteiger partial charge is 0.382 e. The molecular weight excluding hydrogens is 617 g/mol. The van der Waals surface area contributed by atoms with Gasteiger partial charge >= 0.3 is 23.5 Å². The van der Waals surface area contributed by atoms with Crippen LogP contribution in [0.3, 0.4) is 0 Å². The maximum Gasteiger partial charge on any atom is 0.490 e. The van der Waals surface area contributed by atoms with Crippen molar-refractivity contribution in [2.24, 2.45) is 0 Å².